The van der Waals surface area contributed by atoms with E-state index < -0.39 is 28.4 Å². The molecular weight excluding hydrogens is 278 g/mol. The van der Waals surface area contributed by atoms with E-state index in [9.17, 15) is 24.3 Å². The summed E-state index contributed by atoms with van der Waals surface area (Å²) in [6, 6.07) is 2.15. The minimum atomic E-state index is -0.912. The zero-order valence-corrected chi connectivity index (χ0v) is 11.4. The number of carboxylic acids is 1. The van der Waals surface area contributed by atoms with Crippen molar-refractivity contribution in [2.45, 2.75) is 32.2 Å². The van der Waals surface area contributed by atoms with E-state index >= 15 is 0 Å². The topological polar surface area (TPSA) is 121 Å². The lowest BCUT2D eigenvalue weighted by Gasteiger charge is -2.23. The van der Waals surface area contributed by atoms with Gasteiger partial charge in [0.2, 0.25) is 5.91 Å². The molecule has 1 aromatic rings. The fourth-order valence-corrected chi connectivity index (χ4v) is 2.57. The van der Waals surface area contributed by atoms with Gasteiger partial charge in [-0.1, -0.05) is 12.8 Å². The van der Waals surface area contributed by atoms with Crippen LogP contribution in [-0.4, -0.2) is 33.3 Å². The fraction of sp³-hybridized carbons (Fsp3) is 0.538. The average molecular weight is 295 g/mol. The molecule has 1 saturated carbocycles. The fourth-order valence-electron chi connectivity index (χ4n) is 2.57. The van der Waals surface area contributed by atoms with Crippen molar-refractivity contribution in [2.75, 3.05) is 6.54 Å². The first kappa shape index (κ1) is 15.0. The highest BCUT2D eigenvalue weighted by Gasteiger charge is 2.41. The van der Waals surface area contributed by atoms with Crippen molar-refractivity contribution in [2.24, 2.45) is 5.41 Å². The van der Waals surface area contributed by atoms with Crippen LogP contribution in [0.25, 0.3) is 0 Å². The number of aromatic amines is 1. The van der Waals surface area contributed by atoms with Gasteiger partial charge >= 0.3 is 5.97 Å². The van der Waals surface area contributed by atoms with E-state index in [1.54, 1.807) is 0 Å². The maximum absolute atomic E-state index is 11.8. The van der Waals surface area contributed by atoms with Gasteiger partial charge in [-0.15, -0.1) is 0 Å². The van der Waals surface area contributed by atoms with E-state index in [0.717, 1.165) is 29.7 Å². The first-order valence-electron chi connectivity index (χ1n) is 6.73. The third kappa shape index (κ3) is 3.39. The summed E-state index contributed by atoms with van der Waals surface area (Å²) >= 11 is 0. The summed E-state index contributed by atoms with van der Waals surface area (Å²) < 4.78 is 0.889. The molecule has 0 spiro atoms. The number of amides is 1. The summed E-state index contributed by atoms with van der Waals surface area (Å²) in [6.45, 7) is -0.308. The molecule has 114 valence electrons. The molecule has 1 aromatic heterocycles. The summed E-state index contributed by atoms with van der Waals surface area (Å²) in [4.78, 5) is 45.7. The quantitative estimate of drug-likeness (QED) is 0.663. The number of rotatable bonds is 5. The van der Waals surface area contributed by atoms with Crippen molar-refractivity contribution in [3.63, 3.8) is 0 Å². The largest absolute Gasteiger partial charge is 0.481 e. The van der Waals surface area contributed by atoms with Crippen LogP contribution in [0.1, 0.15) is 25.7 Å². The Balaban J connectivity index is 1.99. The van der Waals surface area contributed by atoms with Crippen molar-refractivity contribution < 1.29 is 14.7 Å². The van der Waals surface area contributed by atoms with E-state index in [-0.39, 0.29) is 13.1 Å². The van der Waals surface area contributed by atoms with Gasteiger partial charge < -0.3 is 10.4 Å². The number of hydrogen-bond donors (Lipinski definition) is 3. The molecule has 0 bridgehead atoms. The number of H-pyrrole nitrogens is 1. The maximum Gasteiger partial charge on any atom is 0.311 e. The van der Waals surface area contributed by atoms with Gasteiger partial charge in [-0.25, -0.2) is 4.68 Å². The Labute approximate surface area is 119 Å². The third-order valence-corrected chi connectivity index (χ3v) is 3.83. The highest BCUT2D eigenvalue weighted by atomic mass is 16.4. The summed E-state index contributed by atoms with van der Waals surface area (Å²) in [5, 5.41) is 14.1. The zero-order chi connectivity index (χ0) is 15.5. The van der Waals surface area contributed by atoms with Crippen LogP contribution >= 0.6 is 0 Å². The standard InChI is InChI=1S/C13H17N3O5/c17-9-3-4-11(19)16(15-9)7-10(18)14-8-13(12(20)21)5-1-2-6-13/h3-4H,1-2,5-8H2,(H,14,18)(H,15,17)(H,20,21). The smallest absolute Gasteiger partial charge is 0.311 e. The second kappa shape index (κ2) is 5.94. The normalized spacial score (nSPS) is 16.6. The predicted molar refractivity (Wildman–Crippen MR) is 72.9 cm³/mol. The van der Waals surface area contributed by atoms with E-state index in [1.807, 2.05) is 0 Å². The molecule has 0 unspecified atom stereocenters. The van der Waals surface area contributed by atoms with Crippen molar-refractivity contribution in [1.29, 1.82) is 0 Å². The van der Waals surface area contributed by atoms with Crippen LogP contribution in [0, 0.1) is 5.41 Å². The van der Waals surface area contributed by atoms with Crippen LogP contribution < -0.4 is 16.4 Å². The Kier molecular flexibility index (Phi) is 4.25. The highest BCUT2D eigenvalue weighted by molar-refractivity contribution is 5.79. The van der Waals surface area contributed by atoms with Crippen LogP contribution in [0.5, 0.6) is 0 Å². The molecule has 0 aliphatic heterocycles. The number of aliphatic carboxylic acids is 1. The third-order valence-electron chi connectivity index (χ3n) is 3.83. The van der Waals surface area contributed by atoms with Gasteiger partial charge in [0.05, 0.1) is 5.41 Å². The molecule has 0 radical (unpaired) electrons. The van der Waals surface area contributed by atoms with Crippen LogP contribution in [0.4, 0.5) is 0 Å². The Morgan fingerprint density at radius 3 is 2.57 bits per heavy atom. The van der Waals surface area contributed by atoms with Crippen LogP contribution in [0.3, 0.4) is 0 Å². The Hall–Kier alpha value is -2.38. The molecule has 1 fully saturated rings. The Morgan fingerprint density at radius 1 is 1.29 bits per heavy atom. The van der Waals surface area contributed by atoms with Gasteiger partial charge in [0.15, 0.2) is 0 Å². The van der Waals surface area contributed by atoms with Gasteiger partial charge in [0, 0.05) is 18.7 Å². The molecule has 0 saturated heterocycles. The summed E-state index contributed by atoms with van der Waals surface area (Å²) in [5.74, 6) is -1.42. The number of carboxylic acid groups (broad SMARTS) is 1. The molecule has 0 aromatic carbocycles. The zero-order valence-electron chi connectivity index (χ0n) is 11.4. The van der Waals surface area contributed by atoms with E-state index in [4.69, 9.17) is 0 Å². The number of aromatic nitrogens is 2. The molecule has 1 heterocycles. The van der Waals surface area contributed by atoms with Gasteiger partial charge in [0.1, 0.15) is 6.54 Å². The summed E-state index contributed by atoms with van der Waals surface area (Å²) in [5.41, 5.74) is -1.90. The van der Waals surface area contributed by atoms with Gasteiger partial charge in [-0.3, -0.25) is 24.3 Å². The summed E-state index contributed by atoms with van der Waals surface area (Å²) in [7, 11) is 0. The van der Waals surface area contributed by atoms with E-state index in [0.29, 0.717) is 12.8 Å². The number of carbonyl (C=O) groups excluding carboxylic acids is 1. The van der Waals surface area contributed by atoms with Crippen molar-refractivity contribution in [3.05, 3.63) is 32.8 Å². The Bertz CT molecular complexity index is 654. The van der Waals surface area contributed by atoms with Crippen LogP contribution in [0.15, 0.2) is 21.7 Å². The second-order valence-corrected chi connectivity index (χ2v) is 5.30. The number of hydrogen-bond acceptors (Lipinski definition) is 4. The number of nitrogens with zero attached hydrogens (tertiary/aromatic N) is 1. The molecule has 1 amide bonds. The molecule has 0 atom stereocenters. The van der Waals surface area contributed by atoms with Crippen molar-refractivity contribution in [3.8, 4) is 0 Å². The molecule has 8 heteroatoms. The highest BCUT2D eigenvalue weighted by Crippen LogP contribution is 2.37. The minimum absolute atomic E-state index is 0.0347. The lowest BCUT2D eigenvalue weighted by atomic mass is 9.86. The maximum atomic E-state index is 11.8. The van der Waals surface area contributed by atoms with Gasteiger partial charge in [-0.2, -0.15) is 0 Å². The first-order valence-corrected chi connectivity index (χ1v) is 6.73. The van der Waals surface area contributed by atoms with Crippen molar-refractivity contribution >= 4 is 11.9 Å². The van der Waals surface area contributed by atoms with Gasteiger partial charge in [0.25, 0.3) is 11.1 Å². The van der Waals surface area contributed by atoms with Crippen LogP contribution in [0.2, 0.25) is 0 Å². The van der Waals surface area contributed by atoms with Crippen molar-refractivity contribution in [1.82, 2.24) is 15.1 Å². The molecule has 1 aliphatic carbocycles. The molecule has 2 rings (SSSR count). The predicted octanol–water partition coefficient (Wildman–Crippen LogP) is -0.702. The number of nitrogens with one attached hydrogen (secondary N) is 2. The first-order chi connectivity index (χ1) is 9.93. The van der Waals surface area contributed by atoms with Gasteiger partial charge in [-0.05, 0) is 12.8 Å². The lowest BCUT2D eigenvalue weighted by molar-refractivity contribution is -0.148. The average Bonchev–Trinajstić information content (AvgIpc) is 2.91. The minimum Gasteiger partial charge on any atom is -0.481 e. The molecule has 8 nitrogen and oxygen atoms in total. The monoisotopic (exact) mass is 295 g/mol. The van der Waals surface area contributed by atoms with Crippen LogP contribution in [-0.2, 0) is 16.1 Å². The second-order valence-electron chi connectivity index (χ2n) is 5.30. The summed E-state index contributed by atoms with van der Waals surface area (Å²) in [6.07, 6.45) is 2.72. The Morgan fingerprint density at radius 2 is 1.95 bits per heavy atom. The molecule has 1 aliphatic rings. The number of carbonyl (C=O) groups is 2. The molecule has 3 N–H and O–H groups in total. The molecular formula is C13H17N3O5. The molecule has 21 heavy (non-hydrogen) atoms. The SMILES string of the molecule is O=C(Cn1[nH]c(=O)ccc1=O)NCC1(C(=O)O)CCCC1. The van der Waals surface area contributed by atoms with E-state index in [1.165, 1.54) is 0 Å². The lowest BCUT2D eigenvalue weighted by Crippen LogP contribution is -2.43. The van der Waals surface area contributed by atoms with E-state index in [2.05, 4.69) is 10.4 Å².